The molecule has 0 aliphatic heterocycles. The quantitative estimate of drug-likeness (QED) is 0.412. The van der Waals surface area contributed by atoms with Crippen molar-refractivity contribution < 1.29 is 19.0 Å². The maximum absolute atomic E-state index is 12.1. The monoisotopic (exact) mass is 425 g/mol. The van der Waals surface area contributed by atoms with Gasteiger partial charge in [-0.15, -0.1) is 0 Å². The molecule has 0 unspecified atom stereocenters. The van der Waals surface area contributed by atoms with Crippen molar-refractivity contribution in [1.29, 1.82) is 0 Å². The van der Waals surface area contributed by atoms with E-state index < -0.39 is 6.09 Å². The molecule has 1 amide bonds. The Labute approximate surface area is 180 Å². The Morgan fingerprint density at radius 3 is 2.53 bits per heavy atom. The molecule has 0 saturated carbocycles. The second-order valence-corrected chi connectivity index (χ2v) is 6.71. The summed E-state index contributed by atoms with van der Waals surface area (Å²) in [5.41, 5.74) is 6.04. The maximum Gasteiger partial charge on any atom is 0.431 e. The van der Waals surface area contributed by atoms with E-state index in [1.807, 2.05) is 54.6 Å². The van der Waals surface area contributed by atoms with E-state index in [2.05, 4.69) is 16.2 Å². The molecule has 0 fully saturated rings. The Bertz CT molecular complexity index is 1040. The van der Waals surface area contributed by atoms with Crippen molar-refractivity contribution >= 4 is 34.2 Å². The van der Waals surface area contributed by atoms with Gasteiger partial charge in [0.05, 0.1) is 14.2 Å². The van der Waals surface area contributed by atoms with Gasteiger partial charge in [0, 0.05) is 11.9 Å². The summed E-state index contributed by atoms with van der Waals surface area (Å²) in [4.78, 5) is 12.1. The van der Waals surface area contributed by atoms with Crippen molar-refractivity contribution in [2.24, 2.45) is 0 Å². The fourth-order valence-electron chi connectivity index (χ4n) is 2.95. The number of amides is 1. The zero-order valence-electron chi connectivity index (χ0n) is 16.7. The van der Waals surface area contributed by atoms with Crippen molar-refractivity contribution in [2.45, 2.75) is 6.42 Å². The van der Waals surface area contributed by atoms with E-state index in [4.69, 9.17) is 26.4 Å². The predicted molar refractivity (Wildman–Crippen MR) is 120 cm³/mol. The average Bonchev–Trinajstić information content (AvgIpc) is 2.78. The van der Waals surface area contributed by atoms with Gasteiger partial charge in [0.2, 0.25) is 0 Å². The summed E-state index contributed by atoms with van der Waals surface area (Å²) in [6.07, 6.45) is -0.00667. The summed E-state index contributed by atoms with van der Waals surface area (Å²) >= 11 is 5.19. The minimum absolute atomic E-state index is 0.270. The lowest BCUT2D eigenvalue weighted by atomic mass is 10.1. The molecule has 0 heterocycles. The Morgan fingerprint density at radius 1 is 0.933 bits per heavy atom. The summed E-state index contributed by atoms with van der Waals surface area (Å²) < 4.78 is 16.0. The average molecular weight is 426 g/mol. The molecule has 3 aromatic rings. The zero-order chi connectivity index (χ0) is 21.3. The van der Waals surface area contributed by atoms with Crippen LogP contribution in [0.3, 0.4) is 0 Å². The number of methoxy groups -OCH3 is 2. The normalized spacial score (nSPS) is 10.2. The molecule has 0 aliphatic rings. The molecule has 0 radical (unpaired) electrons. The highest BCUT2D eigenvalue weighted by Crippen LogP contribution is 2.25. The lowest BCUT2D eigenvalue weighted by Gasteiger charge is -2.14. The fraction of sp³-hybridized carbons (Fsp3) is 0.182. The second kappa shape index (κ2) is 10.3. The SMILES string of the molecule is COc1ccc(OC)c(CCNC(=S)NNC(=O)Oc2cccc3ccccc23)c1. The second-order valence-electron chi connectivity index (χ2n) is 6.30. The van der Waals surface area contributed by atoms with Gasteiger partial charge in [-0.05, 0) is 53.9 Å². The highest BCUT2D eigenvalue weighted by Gasteiger charge is 2.09. The summed E-state index contributed by atoms with van der Waals surface area (Å²) in [6.45, 7) is 0.537. The molecule has 0 bridgehead atoms. The lowest BCUT2D eigenvalue weighted by molar-refractivity contribution is 0.199. The number of thiocarbonyl (C=S) groups is 1. The smallest absolute Gasteiger partial charge is 0.431 e. The van der Waals surface area contributed by atoms with Crippen molar-refractivity contribution in [3.8, 4) is 17.2 Å². The standard InChI is InChI=1S/C22H23N3O4S/c1-27-17-10-11-19(28-2)16(14-17)12-13-23-21(30)24-25-22(26)29-20-9-5-7-15-6-3-4-8-18(15)20/h3-11,14H,12-13H2,1-2H3,(H,25,26)(H2,23,24,30). The molecular formula is C22H23N3O4S. The number of rotatable bonds is 6. The molecule has 0 aliphatic carbocycles. The zero-order valence-corrected chi connectivity index (χ0v) is 17.5. The third-order valence-electron chi connectivity index (χ3n) is 4.40. The third-order valence-corrected chi connectivity index (χ3v) is 4.64. The van der Waals surface area contributed by atoms with Gasteiger partial charge in [0.25, 0.3) is 0 Å². The molecule has 8 heteroatoms. The number of hydrazine groups is 1. The molecule has 0 atom stereocenters. The number of nitrogens with one attached hydrogen (secondary N) is 3. The van der Waals surface area contributed by atoms with E-state index in [0.29, 0.717) is 18.7 Å². The molecule has 7 nitrogen and oxygen atoms in total. The van der Waals surface area contributed by atoms with Crippen LogP contribution in [0, 0.1) is 0 Å². The molecule has 3 N–H and O–H groups in total. The number of carbonyl (C=O) groups excluding carboxylic acids is 1. The van der Waals surface area contributed by atoms with E-state index in [1.165, 1.54) is 0 Å². The van der Waals surface area contributed by atoms with Crippen LogP contribution in [0.4, 0.5) is 4.79 Å². The number of benzene rings is 3. The Balaban J connectivity index is 1.46. The summed E-state index contributed by atoms with van der Waals surface area (Å²) in [5, 5.41) is 5.13. The highest BCUT2D eigenvalue weighted by atomic mass is 32.1. The van der Waals surface area contributed by atoms with Crippen LogP contribution in [-0.4, -0.2) is 32.0 Å². The minimum atomic E-state index is -0.662. The number of carbonyl (C=O) groups is 1. The van der Waals surface area contributed by atoms with Crippen molar-refractivity contribution in [1.82, 2.24) is 16.2 Å². The van der Waals surface area contributed by atoms with Crippen LogP contribution in [-0.2, 0) is 6.42 Å². The van der Waals surface area contributed by atoms with Crippen LogP contribution >= 0.6 is 12.2 Å². The number of hydrogen-bond acceptors (Lipinski definition) is 5. The first-order chi connectivity index (χ1) is 14.6. The Hall–Kier alpha value is -3.52. The lowest BCUT2D eigenvalue weighted by Crippen LogP contribution is -2.48. The Kier molecular flexibility index (Phi) is 7.29. The Morgan fingerprint density at radius 2 is 1.73 bits per heavy atom. The van der Waals surface area contributed by atoms with E-state index in [9.17, 15) is 4.79 Å². The van der Waals surface area contributed by atoms with Crippen molar-refractivity contribution in [2.75, 3.05) is 20.8 Å². The minimum Gasteiger partial charge on any atom is -0.497 e. The van der Waals surface area contributed by atoms with Crippen LogP contribution in [0.15, 0.2) is 60.7 Å². The summed E-state index contributed by atoms with van der Waals surface area (Å²) in [5.74, 6) is 1.99. The first-order valence-corrected chi connectivity index (χ1v) is 9.72. The van der Waals surface area contributed by atoms with Gasteiger partial charge < -0.3 is 19.5 Å². The molecule has 3 rings (SSSR count). The predicted octanol–water partition coefficient (Wildman–Crippen LogP) is 3.57. The molecule has 3 aromatic carbocycles. The molecular weight excluding hydrogens is 402 g/mol. The van der Waals surface area contributed by atoms with E-state index in [1.54, 1.807) is 20.3 Å². The van der Waals surface area contributed by atoms with Gasteiger partial charge in [0.15, 0.2) is 5.11 Å². The number of fused-ring (bicyclic) bond motifs is 1. The molecule has 30 heavy (non-hydrogen) atoms. The van der Waals surface area contributed by atoms with Gasteiger partial charge in [-0.25, -0.2) is 10.2 Å². The van der Waals surface area contributed by atoms with Gasteiger partial charge >= 0.3 is 6.09 Å². The summed E-state index contributed by atoms with van der Waals surface area (Å²) in [7, 11) is 3.24. The van der Waals surface area contributed by atoms with E-state index >= 15 is 0 Å². The molecule has 0 saturated heterocycles. The van der Waals surface area contributed by atoms with E-state index in [-0.39, 0.29) is 5.11 Å². The molecule has 156 valence electrons. The first kappa shape index (κ1) is 21.2. The van der Waals surface area contributed by atoms with Gasteiger partial charge in [-0.1, -0.05) is 36.4 Å². The summed E-state index contributed by atoms with van der Waals surface area (Å²) in [6, 6.07) is 18.8. The first-order valence-electron chi connectivity index (χ1n) is 9.31. The maximum atomic E-state index is 12.1. The largest absolute Gasteiger partial charge is 0.497 e. The van der Waals surface area contributed by atoms with Gasteiger partial charge in [-0.3, -0.25) is 5.43 Å². The third kappa shape index (κ3) is 5.51. The van der Waals surface area contributed by atoms with Crippen LogP contribution in [0.25, 0.3) is 10.8 Å². The fourth-order valence-corrected chi connectivity index (χ4v) is 3.10. The number of ether oxygens (including phenoxy) is 3. The van der Waals surface area contributed by atoms with E-state index in [0.717, 1.165) is 27.8 Å². The van der Waals surface area contributed by atoms with Crippen LogP contribution in [0.2, 0.25) is 0 Å². The highest BCUT2D eigenvalue weighted by molar-refractivity contribution is 7.80. The van der Waals surface area contributed by atoms with Crippen molar-refractivity contribution in [3.05, 3.63) is 66.2 Å². The van der Waals surface area contributed by atoms with Crippen LogP contribution in [0.1, 0.15) is 5.56 Å². The molecule has 0 spiro atoms. The number of hydrogen-bond donors (Lipinski definition) is 3. The molecule has 0 aromatic heterocycles. The topological polar surface area (TPSA) is 80.9 Å². The van der Waals surface area contributed by atoms with Crippen LogP contribution < -0.4 is 30.4 Å². The van der Waals surface area contributed by atoms with Gasteiger partial charge in [-0.2, -0.15) is 0 Å². The van der Waals surface area contributed by atoms with Gasteiger partial charge in [0.1, 0.15) is 17.2 Å². The van der Waals surface area contributed by atoms with Crippen molar-refractivity contribution in [3.63, 3.8) is 0 Å². The van der Waals surface area contributed by atoms with Crippen LogP contribution in [0.5, 0.6) is 17.2 Å².